The Morgan fingerprint density at radius 1 is 0.833 bits per heavy atom. The first-order valence-electron chi connectivity index (χ1n) is 13.3. The van der Waals surface area contributed by atoms with Gasteiger partial charge in [-0.1, -0.05) is 30.3 Å². The molecule has 0 saturated carbocycles. The number of nitrogens with zero attached hydrogens (tertiary/aromatic N) is 1. The number of methoxy groups -OCH3 is 1. The molecule has 0 heterocycles. The lowest BCUT2D eigenvalue weighted by Gasteiger charge is -2.13. The molecule has 0 saturated heterocycles. The largest absolute Gasteiger partial charge is 0.494 e. The number of benzene rings is 4. The highest BCUT2D eigenvalue weighted by Gasteiger charge is 2.15. The molecule has 0 aliphatic heterocycles. The maximum Gasteiger partial charge on any atom is 0.343 e. The zero-order valence-electron chi connectivity index (χ0n) is 23.6. The van der Waals surface area contributed by atoms with Crippen molar-refractivity contribution in [1.29, 1.82) is 0 Å². The van der Waals surface area contributed by atoms with E-state index in [0.717, 1.165) is 5.56 Å². The van der Waals surface area contributed by atoms with Crippen LogP contribution >= 0.6 is 0 Å². The number of hydrazone groups is 1. The highest BCUT2D eigenvalue weighted by molar-refractivity contribution is 5.92. The molecule has 0 aromatic heterocycles. The Morgan fingerprint density at radius 2 is 1.50 bits per heavy atom. The van der Waals surface area contributed by atoms with Crippen LogP contribution in [0, 0.1) is 0 Å². The number of esters is 1. The number of ether oxygens (including phenoxy) is 5. The van der Waals surface area contributed by atoms with Gasteiger partial charge in [-0.2, -0.15) is 5.10 Å². The van der Waals surface area contributed by atoms with Gasteiger partial charge in [-0.15, -0.1) is 0 Å². The normalized spacial score (nSPS) is 11.4. The van der Waals surface area contributed by atoms with Gasteiger partial charge in [0.1, 0.15) is 23.9 Å². The maximum absolute atomic E-state index is 12.6. The number of carbonyl (C=O) groups is 2. The quantitative estimate of drug-likeness (QED) is 0.0939. The van der Waals surface area contributed by atoms with Gasteiger partial charge in [0, 0.05) is 0 Å². The van der Waals surface area contributed by atoms with Crippen molar-refractivity contribution in [2.24, 2.45) is 5.10 Å². The Morgan fingerprint density at radius 3 is 2.19 bits per heavy atom. The minimum Gasteiger partial charge on any atom is -0.494 e. The Hall–Kier alpha value is -5.31. The van der Waals surface area contributed by atoms with Crippen molar-refractivity contribution in [3.63, 3.8) is 0 Å². The molecule has 1 unspecified atom stereocenters. The van der Waals surface area contributed by atoms with Crippen LogP contribution in [0.2, 0.25) is 0 Å². The molecule has 0 bridgehead atoms. The van der Waals surface area contributed by atoms with E-state index in [1.165, 1.54) is 13.3 Å². The van der Waals surface area contributed by atoms with Crippen molar-refractivity contribution in [3.05, 3.63) is 114 Å². The number of carbonyl (C=O) groups excluding carboxylic acids is 2. The fourth-order valence-corrected chi connectivity index (χ4v) is 3.74. The molecule has 0 spiro atoms. The van der Waals surface area contributed by atoms with Gasteiger partial charge in [0.2, 0.25) is 0 Å². The van der Waals surface area contributed by atoms with Crippen LogP contribution in [0.15, 0.2) is 102 Å². The zero-order valence-corrected chi connectivity index (χ0v) is 23.6. The van der Waals surface area contributed by atoms with Crippen molar-refractivity contribution < 1.29 is 33.3 Å². The number of hydrogen-bond acceptors (Lipinski definition) is 8. The van der Waals surface area contributed by atoms with Gasteiger partial charge in [0.25, 0.3) is 5.91 Å². The Balaban J connectivity index is 1.26. The molecule has 0 aliphatic rings. The van der Waals surface area contributed by atoms with E-state index in [1.807, 2.05) is 37.3 Å². The lowest BCUT2D eigenvalue weighted by Crippen LogP contribution is -2.33. The van der Waals surface area contributed by atoms with Crippen LogP contribution in [0.1, 0.15) is 35.3 Å². The molecule has 1 N–H and O–H groups in total. The highest BCUT2D eigenvalue weighted by Crippen LogP contribution is 2.28. The van der Waals surface area contributed by atoms with Gasteiger partial charge in [0.15, 0.2) is 17.6 Å². The molecule has 1 amide bonds. The van der Waals surface area contributed by atoms with E-state index in [1.54, 1.807) is 73.7 Å². The summed E-state index contributed by atoms with van der Waals surface area (Å²) >= 11 is 0. The van der Waals surface area contributed by atoms with Gasteiger partial charge in [-0.25, -0.2) is 10.2 Å². The summed E-state index contributed by atoms with van der Waals surface area (Å²) in [6.07, 6.45) is 0.654. The first kappa shape index (κ1) is 29.7. The summed E-state index contributed by atoms with van der Waals surface area (Å²) in [7, 11) is 1.47. The zero-order chi connectivity index (χ0) is 29.7. The SMILES string of the molecule is CCOc1ccc(C(=O)Oc2ccc(/C=N/NC(=O)C(C)Oc3ccc(OCc4ccccc4)cc3)cc2OC)cc1. The minimum absolute atomic E-state index is 0.246. The predicted molar refractivity (Wildman–Crippen MR) is 159 cm³/mol. The van der Waals surface area contributed by atoms with E-state index in [4.69, 9.17) is 23.7 Å². The second-order valence-electron chi connectivity index (χ2n) is 9.00. The number of nitrogens with one attached hydrogen (secondary N) is 1. The maximum atomic E-state index is 12.6. The molecule has 0 radical (unpaired) electrons. The van der Waals surface area contributed by atoms with Crippen LogP contribution in [0.25, 0.3) is 0 Å². The molecular formula is C33H32N2O7. The van der Waals surface area contributed by atoms with Crippen LogP contribution in [0.4, 0.5) is 0 Å². The molecule has 9 nitrogen and oxygen atoms in total. The van der Waals surface area contributed by atoms with Crippen molar-refractivity contribution >= 4 is 18.1 Å². The third-order valence-corrected chi connectivity index (χ3v) is 5.93. The molecule has 42 heavy (non-hydrogen) atoms. The Kier molecular flexibility index (Phi) is 10.5. The van der Waals surface area contributed by atoms with Gasteiger partial charge in [-0.05, 0) is 91.7 Å². The molecule has 4 aromatic carbocycles. The minimum atomic E-state index is -0.794. The van der Waals surface area contributed by atoms with E-state index in [9.17, 15) is 9.59 Å². The van der Waals surface area contributed by atoms with Crippen molar-refractivity contribution in [1.82, 2.24) is 5.43 Å². The molecule has 216 valence electrons. The van der Waals surface area contributed by atoms with Gasteiger partial charge in [0.05, 0.1) is 25.5 Å². The second-order valence-corrected chi connectivity index (χ2v) is 9.00. The number of amides is 1. The first-order chi connectivity index (χ1) is 20.4. The van der Waals surface area contributed by atoms with E-state index in [0.29, 0.717) is 47.3 Å². The smallest absolute Gasteiger partial charge is 0.343 e. The van der Waals surface area contributed by atoms with E-state index >= 15 is 0 Å². The molecule has 0 aliphatic carbocycles. The van der Waals surface area contributed by atoms with Crippen LogP contribution < -0.4 is 29.1 Å². The fraction of sp³-hybridized carbons (Fsp3) is 0.182. The highest BCUT2D eigenvalue weighted by atomic mass is 16.6. The van der Waals surface area contributed by atoms with Gasteiger partial charge in [-0.3, -0.25) is 4.79 Å². The Bertz CT molecular complexity index is 1490. The van der Waals surface area contributed by atoms with Crippen LogP contribution in [-0.2, 0) is 11.4 Å². The second kappa shape index (κ2) is 14.9. The molecule has 9 heteroatoms. The van der Waals surface area contributed by atoms with E-state index in [2.05, 4.69) is 10.5 Å². The van der Waals surface area contributed by atoms with Crippen LogP contribution in [-0.4, -0.2) is 37.9 Å². The Labute approximate surface area is 244 Å². The van der Waals surface area contributed by atoms with Crippen molar-refractivity contribution in [2.45, 2.75) is 26.6 Å². The fourth-order valence-electron chi connectivity index (χ4n) is 3.74. The average Bonchev–Trinajstić information content (AvgIpc) is 3.02. The van der Waals surface area contributed by atoms with Crippen LogP contribution in [0.3, 0.4) is 0 Å². The third kappa shape index (κ3) is 8.59. The molecule has 0 fully saturated rings. The monoisotopic (exact) mass is 568 g/mol. The van der Waals surface area contributed by atoms with Crippen molar-refractivity contribution in [3.8, 4) is 28.7 Å². The standard InChI is InChI=1S/C33H32N2O7/c1-4-39-27-13-11-26(12-14-27)33(37)42-30-19-10-25(20-31(30)38-3)21-34-35-32(36)23(2)41-29-17-15-28(16-18-29)40-22-24-8-6-5-7-9-24/h5-21,23H,4,22H2,1-3H3,(H,35,36)/b34-21+. The predicted octanol–water partition coefficient (Wildman–Crippen LogP) is 5.81. The van der Waals surface area contributed by atoms with E-state index < -0.39 is 18.0 Å². The summed E-state index contributed by atoms with van der Waals surface area (Å²) in [6, 6.07) is 28.5. The lowest BCUT2D eigenvalue weighted by molar-refractivity contribution is -0.127. The topological polar surface area (TPSA) is 105 Å². The third-order valence-electron chi connectivity index (χ3n) is 5.93. The summed E-state index contributed by atoms with van der Waals surface area (Å²) in [6.45, 7) is 4.51. The molecular weight excluding hydrogens is 536 g/mol. The average molecular weight is 569 g/mol. The number of hydrogen-bond donors (Lipinski definition) is 1. The number of rotatable bonds is 13. The van der Waals surface area contributed by atoms with Gasteiger partial charge < -0.3 is 23.7 Å². The molecule has 4 rings (SSSR count). The summed E-state index contributed by atoms with van der Waals surface area (Å²) in [5, 5.41) is 4.01. The van der Waals surface area contributed by atoms with Crippen LogP contribution in [0.5, 0.6) is 28.7 Å². The molecule has 4 aromatic rings. The van der Waals surface area contributed by atoms with Crippen molar-refractivity contribution in [2.75, 3.05) is 13.7 Å². The van der Waals surface area contributed by atoms with Gasteiger partial charge >= 0.3 is 5.97 Å². The first-order valence-corrected chi connectivity index (χ1v) is 13.3. The summed E-state index contributed by atoms with van der Waals surface area (Å²) < 4.78 is 27.8. The molecule has 1 atom stereocenters. The van der Waals surface area contributed by atoms with E-state index in [-0.39, 0.29) is 5.75 Å². The summed E-state index contributed by atoms with van der Waals surface area (Å²) in [5.74, 6) is 1.50. The lowest BCUT2D eigenvalue weighted by atomic mass is 10.2. The summed E-state index contributed by atoms with van der Waals surface area (Å²) in [5.41, 5.74) is 4.53. The summed E-state index contributed by atoms with van der Waals surface area (Å²) in [4.78, 5) is 25.1.